The third-order valence-electron chi connectivity index (χ3n) is 6.06. The normalized spacial score (nSPS) is 21.2. The Bertz CT molecular complexity index is 1090. The zero-order chi connectivity index (χ0) is 23.0. The summed E-state index contributed by atoms with van der Waals surface area (Å²) in [5, 5.41) is 2.82. The number of alkyl halides is 3. The van der Waals surface area contributed by atoms with Gasteiger partial charge < -0.3 is 14.8 Å². The molecular weight excluding hydrogens is 423 g/mol. The molecule has 2 atom stereocenters. The molecule has 4 rings (SSSR count). The van der Waals surface area contributed by atoms with Crippen LogP contribution in [-0.4, -0.2) is 25.9 Å². The Morgan fingerprint density at radius 2 is 1.53 bits per heavy atom. The summed E-state index contributed by atoms with van der Waals surface area (Å²) in [5.41, 5.74) is 1.68. The summed E-state index contributed by atoms with van der Waals surface area (Å²) in [6, 6.07) is 10.1. The maximum absolute atomic E-state index is 13.2. The molecule has 1 heterocycles. The zero-order valence-corrected chi connectivity index (χ0v) is 17.6. The van der Waals surface area contributed by atoms with Crippen LogP contribution >= 0.6 is 0 Å². The molecule has 0 saturated carbocycles. The van der Waals surface area contributed by atoms with Gasteiger partial charge in [-0.15, -0.1) is 0 Å². The lowest BCUT2D eigenvalue weighted by atomic mass is 9.73. The van der Waals surface area contributed by atoms with Crippen LogP contribution in [0.15, 0.2) is 53.7 Å². The number of benzene rings is 2. The fourth-order valence-corrected chi connectivity index (χ4v) is 4.49. The Hall–Kier alpha value is -3.29. The Morgan fingerprint density at radius 3 is 2.16 bits per heavy atom. The summed E-state index contributed by atoms with van der Waals surface area (Å²) in [4.78, 5) is 25.5. The van der Waals surface area contributed by atoms with Gasteiger partial charge in [0.25, 0.3) is 0 Å². The summed E-state index contributed by atoms with van der Waals surface area (Å²) in [7, 11) is 3.07. The number of halogens is 3. The minimum absolute atomic E-state index is 0.0248. The molecular formula is C24H22F3NO4. The summed E-state index contributed by atoms with van der Waals surface area (Å²) in [5.74, 6) is 0.0390. The lowest BCUT2D eigenvalue weighted by molar-refractivity contribution is -0.137. The van der Waals surface area contributed by atoms with Crippen molar-refractivity contribution in [3.63, 3.8) is 0 Å². The van der Waals surface area contributed by atoms with Crippen LogP contribution in [0.5, 0.6) is 11.5 Å². The van der Waals surface area contributed by atoms with Gasteiger partial charge >= 0.3 is 6.18 Å². The molecule has 0 bridgehead atoms. The van der Waals surface area contributed by atoms with Crippen molar-refractivity contribution in [1.82, 2.24) is 5.32 Å². The highest BCUT2D eigenvalue weighted by molar-refractivity contribution is 6.02. The predicted molar refractivity (Wildman–Crippen MR) is 110 cm³/mol. The van der Waals surface area contributed by atoms with Crippen LogP contribution in [-0.2, 0) is 15.8 Å². The number of Topliss-reactive ketones (excluding diaryl/α,β-unsaturated/α-hetero) is 1. The van der Waals surface area contributed by atoms with Gasteiger partial charge in [0, 0.05) is 30.0 Å². The molecule has 2 aromatic carbocycles. The number of carbonyl (C=O) groups is 2. The van der Waals surface area contributed by atoms with Crippen LogP contribution in [0.25, 0.3) is 0 Å². The maximum atomic E-state index is 13.2. The summed E-state index contributed by atoms with van der Waals surface area (Å²) in [6.45, 7) is 0. The zero-order valence-electron chi connectivity index (χ0n) is 17.6. The van der Waals surface area contributed by atoms with Crippen LogP contribution in [0.3, 0.4) is 0 Å². The fourth-order valence-electron chi connectivity index (χ4n) is 4.49. The average Bonchev–Trinajstić information content (AvgIpc) is 2.77. The lowest BCUT2D eigenvalue weighted by Crippen LogP contribution is -2.38. The van der Waals surface area contributed by atoms with Crippen molar-refractivity contribution in [2.45, 2.75) is 37.3 Å². The molecule has 5 nitrogen and oxygen atoms in total. The van der Waals surface area contributed by atoms with E-state index in [1.165, 1.54) is 26.4 Å². The maximum Gasteiger partial charge on any atom is 0.416 e. The van der Waals surface area contributed by atoms with E-state index in [1.807, 2.05) is 12.1 Å². The van der Waals surface area contributed by atoms with Crippen molar-refractivity contribution in [1.29, 1.82) is 0 Å². The molecule has 2 aliphatic rings. The van der Waals surface area contributed by atoms with Gasteiger partial charge in [-0.25, -0.2) is 0 Å². The first-order valence-corrected chi connectivity index (χ1v) is 10.2. The minimum Gasteiger partial charge on any atom is -0.493 e. The molecule has 2 unspecified atom stereocenters. The number of ether oxygens (including phenoxy) is 2. The van der Waals surface area contributed by atoms with Gasteiger partial charge in [-0.3, -0.25) is 9.59 Å². The summed E-state index contributed by atoms with van der Waals surface area (Å²) < 4.78 is 49.4. The number of nitrogens with one attached hydrogen (secondary N) is 1. The third-order valence-corrected chi connectivity index (χ3v) is 6.06. The van der Waals surface area contributed by atoms with E-state index in [0.717, 1.165) is 17.7 Å². The molecule has 1 aliphatic carbocycles. The third kappa shape index (κ3) is 4.09. The van der Waals surface area contributed by atoms with E-state index >= 15 is 0 Å². The number of ketones is 1. The van der Waals surface area contributed by atoms with Gasteiger partial charge in [-0.05, 0) is 47.7 Å². The van der Waals surface area contributed by atoms with E-state index in [1.54, 1.807) is 6.07 Å². The standard InChI is InChI=1S/C24H22F3NO4/c1-31-20-8-5-14(11-21(20)32-2)15-9-18-23(19(29)10-15)17(12-22(30)28-18)13-3-6-16(7-4-13)24(25,26)27/h3-8,11,15,17H,9-10,12H2,1-2H3,(H,28,30). The van der Waals surface area contributed by atoms with Crippen molar-refractivity contribution in [3.05, 3.63) is 70.4 Å². The van der Waals surface area contributed by atoms with E-state index < -0.39 is 17.7 Å². The van der Waals surface area contributed by atoms with Crippen molar-refractivity contribution in [2.24, 2.45) is 0 Å². The highest BCUT2D eigenvalue weighted by Crippen LogP contribution is 2.44. The van der Waals surface area contributed by atoms with Crippen LogP contribution in [0.1, 0.15) is 47.8 Å². The van der Waals surface area contributed by atoms with E-state index in [2.05, 4.69) is 5.32 Å². The number of carbonyl (C=O) groups excluding carboxylic acids is 2. The topological polar surface area (TPSA) is 64.6 Å². The first kappa shape index (κ1) is 21.9. The SMILES string of the molecule is COc1ccc(C2CC(=O)C3=C(C2)NC(=O)CC3c2ccc(C(F)(F)F)cc2)cc1OC. The first-order valence-electron chi connectivity index (χ1n) is 10.2. The number of hydrogen-bond donors (Lipinski definition) is 1. The van der Waals surface area contributed by atoms with Crippen molar-refractivity contribution in [2.75, 3.05) is 14.2 Å². The minimum atomic E-state index is -4.44. The number of allylic oxidation sites excluding steroid dienone is 2. The van der Waals surface area contributed by atoms with E-state index in [4.69, 9.17) is 9.47 Å². The second kappa shape index (κ2) is 8.33. The second-order valence-corrected chi connectivity index (χ2v) is 7.96. The number of rotatable bonds is 4. The van der Waals surface area contributed by atoms with Crippen LogP contribution in [0, 0.1) is 0 Å². The highest BCUT2D eigenvalue weighted by Gasteiger charge is 2.39. The van der Waals surface area contributed by atoms with Crippen LogP contribution in [0.4, 0.5) is 13.2 Å². The van der Waals surface area contributed by atoms with Gasteiger partial charge in [-0.1, -0.05) is 18.2 Å². The van der Waals surface area contributed by atoms with E-state index in [9.17, 15) is 22.8 Å². The van der Waals surface area contributed by atoms with Crippen molar-refractivity contribution >= 4 is 11.7 Å². The molecule has 1 N–H and O–H groups in total. The molecule has 1 aliphatic heterocycles. The van der Waals surface area contributed by atoms with Gasteiger partial charge in [0.05, 0.1) is 19.8 Å². The molecule has 0 spiro atoms. The second-order valence-electron chi connectivity index (χ2n) is 7.96. The summed E-state index contributed by atoms with van der Waals surface area (Å²) in [6.07, 6.45) is -3.74. The molecule has 0 aromatic heterocycles. The van der Waals surface area contributed by atoms with Gasteiger partial charge in [0.1, 0.15) is 0 Å². The molecule has 32 heavy (non-hydrogen) atoms. The van der Waals surface area contributed by atoms with Crippen LogP contribution in [0.2, 0.25) is 0 Å². The largest absolute Gasteiger partial charge is 0.493 e. The molecule has 168 valence electrons. The summed E-state index contributed by atoms with van der Waals surface area (Å²) >= 11 is 0. The highest BCUT2D eigenvalue weighted by atomic mass is 19.4. The Morgan fingerprint density at radius 1 is 0.875 bits per heavy atom. The van der Waals surface area contributed by atoms with E-state index in [0.29, 0.717) is 34.8 Å². The van der Waals surface area contributed by atoms with Crippen LogP contribution < -0.4 is 14.8 Å². The number of amides is 1. The predicted octanol–water partition coefficient (Wildman–Crippen LogP) is 4.73. The fraction of sp³-hybridized carbons (Fsp3) is 0.333. The molecule has 0 saturated heterocycles. The molecule has 1 amide bonds. The number of hydrogen-bond acceptors (Lipinski definition) is 4. The Kier molecular flexibility index (Phi) is 5.71. The van der Waals surface area contributed by atoms with E-state index in [-0.39, 0.29) is 30.4 Å². The first-order chi connectivity index (χ1) is 15.2. The average molecular weight is 445 g/mol. The van der Waals surface area contributed by atoms with Gasteiger partial charge in [-0.2, -0.15) is 13.2 Å². The lowest BCUT2D eigenvalue weighted by Gasteiger charge is -2.34. The van der Waals surface area contributed by atoms with Crippen molar-refractivity contribution in [3.8, 4) is 11.5 Å². The quantitative estimate of drug-likeness (QED) is 0.739. The molecule has 0 radical (unpaired) electrons. The number of methoxy groups -OCH3 is 2. The molecule has 8 heteroatoms. The molecule has 2 aromatic rings. The smallest absolute Gasteiger partial charge is 0.416 e. The Labute approximate surface area is 183 Å². The van der Waals surface area contributed by atoms with Gasteiger partial charge in [0.2, 0.25) is 5.91 Å². The Balaban J connectivity index is 1.66. The molecule has 0 fully saturated rings. The van der Waals surface area contributed by atoms with Gasteiger partial charge in [0.15, 0.2) is 17.3 Å². The monoisotopic (exact) mass is 445 g/mol. The van der Waals surface area contributed by atoms with Crippen molar-refractivity contribution < 1.29 is 32.2 Å².